The molecule has 0 saturated heterocycles. The average Bonchev–Trinajstić information content (AvgIpc) is 2.61. The largest absolute Gasteiger partial charge is 0.203 e. The van der Waals surface area contributed by atoms with Crippen LogP contribution in [0.4, 0.5) is 4.39 Å². The van der Waals surface area contributed by atoms with Gasteiger partial charge in [-0.2, -0.15) is 0 Å². The highest BCUT2D eigenvalue weighted by Gasteiger charge is 2.10. The molecular weight excluding hydrogens is 254 g/mol. The molecule has 1 heterocycles. The van der Waals surface area contributed by atoms with Gasteiger partial charge in [0.2, 0.25) is 0 Å². The molecular formula is C11H7Cl2FS. The normalized spacial score (nSPS) is 10.7. The van der Waals surface area contributed by atoms with Crippen molar-refractivity contribution in [3.8, 4) is 0 Å². The second-order valence-corrected chi connectivity index (χ2v) is 5.20. The molecule has 0 amide bonds. The van der Waals surface area contributed by atoms with E-state index in [4.69, 9.17) is 23.2 Å². The summed E-state index contributed by atoms with van der Waals surface area (Å²) in [6.07, 6.45) is 0. The van der Waals surface area contributed by atoms with Crippen LogP contribution in [0.25, 0.3) is 15.9 Å². The first-order valence-corrected chi connectivity index (χ1v) is 5.87. The number of hydrogen-bond donors (Lipinski definition) is 0. The summed E-state index contributed by atoms with van der Waals surface area (Å²) in [5, 5.41) is 1.04. The van der Waals surface area contributed by atoms with E-state index in [1.54, 1.807) is 6.07 Å². The Morgan fingerprint density at radius 3 is 2.67 bits per heavy atom. The molecule has 0 atom stereocenters. The van der Waals surface area contributed by atoms with Gasteiger partial charge in [-0.25, -0.2) is 4.39 Å². The standard InChI is InChI=1S/C11H7Cl2FS/c1-6-3-2-4-8-7(6)5-9(15-8)10(14)11(12)13/h2-5H,1H3. The molecule has 0 nitrogen and oxygen atoms in total. The molecule has 0 aliphatic rings. The number of benzene rings is 1. The molecule has 0 fully saturated rings. The van der Waals surface area contributed by atoms with Crippen molar-refractivity contribution in [3.63, 3.8) is 0 Å². The van der Waals surface area contributed by atoms with Crippen molar-refractivity contribution in [2.75, 3.05) is 0 Å². The van der Waals surface area contributed by atoms with E-state index in [2.05, 4.69) is 0 Å². The lowest BCUT2D eigenvalue weighted by atomic mass is 10.1. The van der Waals surface area contributed by atoms with Crippen LogP contribution in [0.1, 0.15) is 10.4 Å². The summed E-state index contributed by atoms with van der Waals surface area (Å²) in [4.78, 5) is 0.472. The Morgan fingerprint density at radius 1 is 1.33 bits per heavy atom. The van der Waals surface area contributed by atoms with Gasteiger partial charge in [-0.1, -0.05) is 35.3 Å². The third-order valence-electron chi connectivity index (χ3n) is 2.16. The highest BCUT2D eigenvalue weighted by molar-refractivity contribution is 7.20. The third kappa shape index (κ3) is 2.03. The number of fused-ring (bicyclic) bond motifs is 1. The predicted octanol–water partition coefficient (Wildman–Crippen LogP) is 5.28. The molecule has 0 unspecified atom stereocenters. The van der Waals surface area contributed by atoms with Gasteiger partial charge < -0.3 is 0 Å². The van der Waals surface area contributed by atoms with Gasteiger partial charge in [0.05, 0.1) is 4.88 Å². The zero-order valence-corrected chi connectivity index (χ0v) is 10.2. The molecule has 2 rings (SSSR count). The Morgan fingerprint density at radius 2 is 2.07 bits per heavy atom. The van der Waals surface area contributed by atoms with Crippen molar-refractivity contribution in [1.82, 2.24) is 0 Å². The van der Waals surface area contributed by atoms with Crippen LogP contribution in [-0.2, 0) is 0 Å². The lowest BCUT2D eigenvalue weighted by Crippen LogP contribution is -1.71. The van der Waals surface area contributed by atoms with Crippen molar-refractivity contribution in [1.29, 1.82) is 0 Å². The Labute approximate surface area is 101 Å². The van der Waals surface area contributed by atoms with Gasteiger partial charge in [0.15, 0.2) is 5.83 Å². The number of hydrogen-bond acceptors (Lipinski definition) is 1. The van der Waals surface area contributed by atoms with Crippen molar-refractivity contribution in [2.45, 2.75) is 6.92 Å². The molecule has 0 spiro atoms. The summed E-state index contributed by atoms with van der Waals surface area (Å²) in [7, 11) is 0. The predicted molar refractivity (Wildman–Crippen MR) is 66.3 cm³/mol. The zero-order valence-electron chi connectivity index (χ0n) is 7.85. The molecule has 2 aromatic rings. The van der Waals surface area contributed by atoms with Crippen LogP contribution in [0, 0.1) is 6.92 Å². The fourth-order valence-corrected chi connectivity index (χ4v) is 2.81. The summed E-state index contributed by atoms with van der Waals surface area (Å²) in [6, 6.07) is 7.66. The summed E-state index contributed by atoms with van der Waals surface area (Å²) in [6.45, 7) is 1.99. The van der Waals surface area contributed by atoms with E-state index in [0.717, 1.165) is 15.6 Å². The lowest BCUT2D eigenvalue weighted by molar-refractivity contribution is 0.764. The van der Waals surface area contributed by atoms with E-state index in [1.807, 2.05) is 25.1 Å². The number of rotatable bonds is 1. The molecule has 0 radical (unpaired) electrons. The van der Waals surface area contributed by atoms with Crippen LogP contribution in [0.5, 0.6) is 0 Å². The minimum atomic E-state index is -0.557. The van der Waals surface area contributed by atoms with Gasteiger partial charge in [0, 0.05) is 4.70 Å². The maximum atomic E-state index is 13.5. The lowest BCUT2D eigenvalue weighted by Gasteiger charge is -1.91. The van der Waals surface area contributed by atoms with Crippen molar-refractivity contribution in [2.24, 2.45) is 0 Å². The van der Waals surface area contributed by atoms with Crippen molar-refractivity contribution in [3.05, 3.63) is 39.2 Å². The second kappa shape index (κ2) is 4.12. The van der Waals surface area contributed by atoms with E-state index in [-0.39, 0.29) is 4.49 Å². The molecule has 1 aromatic carbocycles. The summed E-state index contributed by atoms with van der Waals surface area (Å²) < 4.78 is 14.2. The topological polar surface area (TPSA) is 0 Å². The van der Waals surface area contributed by atoms with Gasteiger partial charge in [-0.05, 0) is 30.0 Å². The summed E-state index contributed by atoms with van der Waals surface area (Å²) >= 11 is 12.2. The first kappa shape index (κ1) is 10.9. The van der Waals surface area contributed by atoms with Crippen LogP contribution in [0.3, 0.4) is 0 Å². The molecule has 78 valence electrons. The molecule has 0 bridgehead atoms. The summed E-state index contributed by atoms with van der Waals surface area (Å²) in [5.74, 6) is -0.557. The first-order valence-electron chi connectivity index (χ1n) is 4.30. The minimum absolute atomic E-state index is 0.320. The molecule has 4 heteroatoms. The average molecular weight is 261 g/mol. The molecule has 0 aliphatic carbocycles. The Hall–Kier alpha value is -0.570. The summed E-state index contributed by atoms with van der Waals surface area (Å²) in [5.41, 5.74) is 1.12. The van der Waals surface area contributed by atoms with E-state index < -0.39 is 5.83 Å². The van der Waals surface area contributed by atoms with Gasteiger partial charge in [-0.15, -0.1) is 11.3 Å². The SMILES string of the molecule is Cc1cccc2sc(C(F)=C(Cl)Cl)cc12. The van der Waals surface area contributed by atoms with E-state index >= 15 is 0 Å². The number of aryl methyl sites for hydroxylation is 1. The highest BCUT2D eigenvalue weighted by Crippen LogP contribution is 2.35. The maximum Gasteiger partial charge on any atom is 0.170 e. The van der Waals surface area contributed by atoms with Crippen LogP contribution in [0.2, 0.25) is 0 Å². The van der Waals surface area contributed by atoms with Crippen molar-refractivity contribution >= 4 is 50.5 Å². The van der Waals surface area contributed by atoms with Gasteiger partial charge >= 0.3 is 0 Å². The van der Waals surface area contributed by atoms with E-state index in [1.165, 1.54) is 11.3 Å². The smallest absolute Gasteiger partial charge is 0.170 e. The number of thiophene rings is 1. The first-order chi connectivity index (χ1) is 7.09. The molecule has 0 aliphatic heterocycles. The quantitative estimate of drug-likeness (QED) is 0.654. The minimum Gasteiger partial charge on any atom is -0.203 e. The molecule has 0 N–H and O–H groups in total. The fourth-order valence-electron chi connectivity index (χ4n) is 1.41. The zero-order chi connectivity index (χ0) is 11.0. The van der Waals surface area contributed by atoms with Crippen LogP contribution in [0.15, 0.2) is 28.8 Å². The van der Waals surface area contributed by atoms with Crippen LogP contribution in [-0.4, -0.2) is 0 Å². The number of halogens is 3. The monoisotopic (exact) mass is 260 g/mol. The Balaban J connectivity index is 2.67. The third-order valence-corrected chi connectivity index (χ3v) is 3.59. The van der Waals surface area contributed by atoms with Gasteiger partial charge in [-0.3, -0.25) is 0 Å². The Bertz CT molecular complexity index is 539. The highest BCUT2D eigenvalue weighted by atomic mass is 35.5. The van der Waals surface area contributed by atoms with Crippen LogP contribution >= 0.6 is 34.5 Å². The van der Waals surface area contributed by atoms with Crippen molar-refractivity contribution < 1.29 is 4.39 Å². The van der Waals surface area contributed by atoms with E-state index in [0.29, 0.717) is 4.88 Å². The van der Waals surface area contributed by atoms with Crippen LogP contribution < -0.4 is 0 Å². The molecule has 1 aromatic heterocycles. The Kier molecular flexibility index (Phi) is 3.01. The van der Waals surface area contributed by atoms with Gasteiger partial charge in [0.1, 0.15) is 4.49 Å². The molecule has 15 heavy (non-hydrogen) atoms. The molecule has 0 saturated carbocycles. The van der Waals surface area contributed by atoms with Gasteiger partial charge in [0.25, 0.3) is 0 Å². The maximum absolute atomic E-state index is 13.5. The van der Waals surface area contributed by atoms with E-state index in [9.17, 15) is 4.39 Å². The fraction of sp³-hybridized carbons (Fsp3) is 0.0909. The second-order valence-electron chi connectivity index (χ2n) is 3.17.